The van der Waals surface area contributed by atoms with Crippen LogP contribution in [0.25, 0.3) is 22.4 Å². The molecule has 1 saturated carbocycles. The van der Waals surface area contributed by atoms with Crippen LogP contribution in [0.1, 0.15) is 61.8 Å². The Balaban J connectivity index is 1.02. The molecule has 1 aliphatic heterocycles. The van der Waals surface area contributed by atoms with Gasteiger partial charge in [-0.1, -0.05) is 30.7 Å². The zero-order valence-corrected chi connectivity index (χ0v) is 27.7. The Hall–Kier alpha value is -4.70. The highest BCUT2D eigenvalue weighted by atomic mass is 16.5. The van der Waals surface area contributed by atoms with Crippen molar-refractivity contribution in [1.82, 2.24) is 30.5 Å². The second-order valence-corrected chi connectivity index (χ2v) is 13.0. The molecule has 5 aromatic rings. The van der Waals surface area contributed by atoms with Crippen LogP contribution in [0.3, 0.4) is 0 Å². The summed E-state index contributed by atoms with van der Waals surface area (Å²) in [7, 11) is 3.39. The Morgan fingerprint density at radius 3 is 2.40 bits per heavy atom. The number of piperidine rings is 1. The summed E-state index contributed by atoms with van der Waals surface area (Å²) >= 11 is 0. The van der Waals surface area contributed by atoms with Crippen molar-refractivity contribution in [3.63, 3.8) is 0 Å². The fourth-order valence-corrected chi connectivity index (χ4v) is 7.51. The molecular formula is C37H44N8O2. The molecule has 4 heterocycles. The number of rotatable bonds is 10. The van der Waals surface area contributed by atoms with Crippen molar-refractivity contribution in [2.75, 3.05) is 37.5 Å². The van der Waals surface area contributed by atoms with E-state index in [0.29, 0.717) is 29.7 Å². The van der Waals surface area contributed by atoms with E-state index in [4.69, 9.17) is 19.4 Å². The lowest BCUT2D eigenvalue weighted by Crippen LogP contribution is -2.49. The van der Waals surface area contributed by atoms with Crippen molar-refractivity contribution < 1.29 is 9.47 Å². The van der Waals surface area contributed by atoms with Gasteiger partial charge in [-0.3, -0.25) is 5.10 Å². The molecule has 7 rings (SSSR count). The predicted octanol–water partition coefficient (Wildman–Crippen LogP) is 6.84. The third-order valence-corrected chi connectivity index (χ3v) is 10.4. The number of pyridine rings is 1. The van der Waals surface area contributed by atoms with Crippen LogP contribution in [0.2, 0.25) is 0 Å². The first-order valence-electron chi connectivity index (χ1n) is 16.7. The van der Waals surface area contributed by atoms with Crippen molar-refractivity contribution in [3.8, 4) is 22.8 Å². The third kappa shape index (κ3) is 6.22. The van der Waals surface area contributed by atoms with Gasteiger partial charge < -0.3 is 25.0 Å². The van der Waals surface area contributed by atoms with Crippen molar-refractivity contribution in [1.29, 1.82) is 0 Å². The molecule has 2 aliphatic rings. The Morgan fingerprint density at radius 1 is 0.957 bits per heavy atom. The van der Waals surface area contributed by atoms with Crippen LogP contribution in [0.15, 0.2) is 67.0 Å². The first-order valence-corrected chi connectivity index (χ1v) is 16.7. The summed E-state index contributed by atoms with van der Waals surface area (Å²) in [6.45, 7) is 6.95. The number of H-pyrrole nitrogens is 1. The van der Waals surface area contributed by atoms with Gasteiger partial charge in [0.2, 0.25) is 5.65 Å². The number of anilines is 2. The highest BCUT2D eigenvalue weighted by Crippen LogP contribution is 2.47. The average molecular weight is 633 g/mol. The zero-order chi connectivity index (χ0) is 32.4. The van der Waals surface area contributed by atoms with Crippen LogP contribution in [-0.4, -0.2) is 58.5 Å². The van der Waals surface area contributed by atoms with Crippen LogP contribution in [0.4, 0.5) is 11.6 Å². The maximum atomic E-state index is 5.35. The van der Waals surface area contributed by atoms with E-state index in [-0.39, 0.29) is 0 Å². The summed E-state index contributed by atoms with van der Waals surface area (Å²) in [6, 6.07) is 19.3. The number of hydrogen-bond donors (Lipinski definition) is 3. The normalized spacial score (nSPS) is 18.0. The summed E-state index contributed by atoms with van der Waals surface area (Å²) in [4.78, 5) is 16.9. The monoisotopic (exact) mass is 632 g/mol. The second kappa shape index (κ2) is 13.2. The molecule has 10 nitrogen and oxygen atoms in total. The Bertz CT molecular complexity index is 1810. The zero-order valence-electron chi connectivity index (χ0n) is 27.7. The minimum absolute atomic E-state index is 0.297. The Labute approximate surface area is 276 Å². The van der Waals surface area contributed by atoms with E-state index in [0.717, 1.165) is 77.0 Å². The van der Waals surface area contributed by atoms with Gasteiger partial charge in [-0.15, -0.1) is 0 Å². The summed E-state index contributed by atoms with van der Waals surface area (Å²) in [5.74, 6) is 3.46. The molecule has 0 radical (unpaired) electrons. The summed E-state index contributed by atoms with van der Waals surface area (Å²) in [5, 5.41) is 15.3. The molecule has 1 spiro atoms. The predicted molar refractivity (Wildman–Crippen MR) is 186 cm³/mol. The molecule has 244 valence electrons. The van der Waals surface area contributed by atoms with Crippen molar-refractivity contribution >= 4 is 22.8 Å². The molecule has 1 saturated heterocycles. The minimum atomic E-state index is 0.297. The number of fused-ring (bicyclic) bond motifs is 1. The van der Waals surface area contributed by atoms with E-state index in [1.807, 2.05) is 30.6 Å². The van der Waals surface area contributed by atoms with Crippen molar-refractivity contribution in [3.05, 3.63) is 83.7 Å². The molecule has 10 heteroatoms. The first kappa shape index (κ1) is 30.9. The van der Waals surface area contributed by atoms with E-state index in [2.05, 4.69) is 81.0 Å². The van der Waals surface area contributed by atoms with Gasteiger partial charge in [0.1, 0.15) is 28.7 Å². The van der Waals surface area contributed by atoms with Gasteiger partial charge in [-0.25, -0.2) is 15.0 Å². The molecule has 1 unspecified atom stereocenters. The summed E-state index contributed by atoms with van der Waals surface area (Å²) in [5.41, 5.74) is 7.07. The molecule has 2 atom stereocenters. The maximum Gasteiger partial charge on any atom is 0.202 e. The van der Waals surface area contributed by atoms with E-state index < -0.39 is 0 Å². The van der Waals surface area contributed by atoms with Gasteiger partial charge in [0.25, 0.3) is 0 Å². The molecule has 1 aliphatic carbocycles. The van der Waals surface area contributed by atoms with Crippen LogP contribution in [0, 0.1) is 12.3 Å². The first-order chi connectivity index (χ1) is 23.0. The topological polar surface area (TPSA) is 113 Å². The third-order valence-electron chi connectivity index (χ3n) is 10.4. The number of methoxy groups -OCH3 is 2. The van der Waals surface area contributed by atoms with Crippen molar-refractivity contribution in [2.45, 2.75) is 64.6 Å². The number of nitrogens with zero attached hydrogens (tertiary/aromatic N) is 5. The van der Waals surface area contributed by atoms with Crippen LogP contribution < -0.4 is 25.0 Å². The molecule has 2 fully saturated rings. The number of benzene rings is 2. The molecule has 3 aromatic heterocycles. The molecule has 2 aromatic carbocycles. The number of aromatic nitrogens is 5. The Morgan fingerprint density at radius 2 is 1.68 bits per heavy atom. The van der Waals surface area contributed by atoms with Gasteiger partial charge >= 0.3 is 0 Å². The quantitative estimate of drug-likeness (QED) is 0.152. The Kier molecular flexibility index (Phi) is 8.68. The van der Waals surface area contributed by atoms with Crippen LogP contribution in [0.5, 0.6) is 11.5 Å². The number of ether oxygens (including phenoxy) is 2. The van der Waals surface area contributed by atoms with E-state index in [1.165, 1.54) is 24.8 Å². The lowest BCUT2D eigenvalue weighted by molar-refractivity contribution is 0.163. The van der Waals surface area contributed by atoms with Crippen molar-refractivity contribution in [2.24, 2.45) is 5.41 Å². The smallest absolute Gasteiger partial charge is 0.202 e. The largest absolute Gasteiger partial charge is 0.497 e. The molecule has 3 N–H and O–H groups in total. The SMILES string of the molecule is COc1ccc(CNc2nccc(-c3[nH]nc4nc(N5CCC6(CCC[C@H]6NC(C)c6ccc(OC)cc6)CC5)cnc34)c2C)cc1. The fraction of sp³-hybridized carbons (Fsp3) is 0.405. The second-order valence-electron chi connectivity index (χ2n) is 13.0. The molecule has 0 amide bonds. The van der Waals surface area contributed by atoms with E-state index in [1.54, 1.807) is 14.2 Å². The number of aromatic amines is 1. The van der Waals surface area contributed by atoms with Gasteiger partial charge in [0.15, 0.2) is 0 Å². The average Bonchev–Trinajstić information content (AvgIpc) is 3.71. The summed E-state index contributed by atoms with van der Waals surface area (Å²) < 4.78 is 10.6. The fourth-order valence-electron chi connectivity index (χ4n) is 7.51. The van der Waals surface area contributed by atoms with Crippen LogP contribution in [-0.2, 0) is 6.54 Å². The molecular weight excluding hydrogens is 588 g/mol. The highest BCUT2D eigenvalue weighted by molar-refractivity contribution is 5.89. The standard InChI is InChI=1S/C37H44N8O2/c1-24-30(15-19-38-35(24)40-22-26-7-11-28(46-3)12-8-26)33-34-36(44-43-33)42-32(23-39-34)45-20-17-37(18-21-45)16-5-6-31(37)41-25(2)27-9-13-29(47-4)14-10-27/h7-15,19,23,25,31,41H,5-6,16-18,20-22H2,1-4H3,(H,38,40)(H,42,43,44)/t25?,31-/m1/s1. The van der Waals surface area contributed by atoms with E-state index in [9.17, 15) is 0 Å². The molecule has 0 bridgehead atoms. The number of hydrogen-bond acceptors (Lipinski definition) is 9. The highest BCUT2D eigenvalue weighted by Gasteiger charge is 2.45. The van der Waals surface area contributed by atoms with Crippen LogP contribution >= 0.6 is 0 Å². The minimum Gasteiger partial charge on any atom is -0.497 e. The van der Waals surface area contributed by atoms with E-state index >= 15 is 0 Å². The van der Waals surface area contributed by atoms with Gasteiger partial charge in [0, 0.05) is 49.0 Å². The van der Waals surface area contributed by atoms with Gasteiger partial charge in [-0.05, 0) is 86.4 Å². The maximum absolute atomic E-state index is 5.35. The van der Waals surface area contributed by atoms with Gasteiger partial charge in [0.05, 0.1) is 26.1 Å². The lowest BCUT2D eigenvalue weighted by Gasteiger charge is -2.44. The summed E-state index contributed by atoms with van der Waals surface area (Å²) in [6.07, 6.45) is 9.82. The lowest BCUT2D eigenvalue weighted by atomic mass is 9.73. The van der Waals surface area contributed by atoms with Gasteiger partial charge in [-0.2, -0.15) is 5.10 Å². The number of nitrogens with one attached hydrogen (secondary N) is 3. The molecule has 47 heavy (non-hydrogen) atoms.